The van der Waals surface area contributed by atoms with E-state index in [1.54, 1.807) is 12.4 Å². The van der Waals surface area contributed by atoms with E-state index in [2.05, 4.69) is 77.6 Å². The largest absolute Gasteiger partial charge is 0.243 e. The molecule has 0 aliphatic carbocycles. The summed E-state index contributed by atoms with van der Waals surface area (Å²) in [6.07, 6.45) is 6.62. The van der Waals surface area contributed by atoms with Crippen LogP contribution in [0.25, 0.3) is 0 Å². The summed E-state index contributed by atoms with van der Waals surface area (Å²) in [4.78, 5) is 8.82. The van der Waals surface area contributed by atoms with Crippen molar-refractivity contribution in [2.75, 3.05) is 0 Å². The van der Waals surface area contributed by atoms with Crippen LogP contribution in [0, 0.1) is 18.0 Å². The van der Waals surface area contributed by atoms with Crippen LogP contribution in [0.3, 0.4) is 0 Å². The molecule has 110 valence electrons. The van der Waals surface area contributed by atoms with Crippen LogP contribution in [0.2, 0.25) is 0 Å². The molecule has 0 radical (unpaired) electrons. The summed E-state index contributed by atoms with van der Waals surface area (Å²) in [5, 5.41) is 0. The van der Waals surface area contributed by atoms with Crippen molar-refractivity contribution in [3.8, 4) is 0 Å². The lowest BCUT2D eigenvalue weighted by Gasteiger charge is -2.22. The predicted octanol–water partition coefficient (Wildman–Crippen LogP) is 4.37. The van der Waals surface area contributed by atoms with E-state index in [-0.39, 0.29) is 0 Å². The van der Waals surface area contributed by atoms with Crippen LogP contribution in [0.1, 0.15) is 18.1 Å². The van der Waals surface area contributed by atoms with Gasteiger partial charge in [0.25, 0.3) is 0 Å². The van der Waals surface area contributed by atoms with Crippen molar-refractivity contribution in [2.24, 2.45) is 21.8 Å². The standard InChI is InChI=1S/C20H21N2/c1-16(20-21-12-13-22-20)19(14-17-8-4-2-5-9-17)15-18-10-6-3-7-11-18/h2-13,16,19H,14-15H2,1H3/q+1. The van der Waals surface area contributed by atoms with E-state index in [0.29, 0.717) is 11.8 Å². The lowest BCUT2D eigenvalue weighted by molar-refractivity contribution is 0.361. The SMILES string of the molecule is CC([C+]1N=CC=N1)C(Cc1ccccc1)Cc1ccccc1. The third kappa shape index (κ3) is 3.64. The smallest absolute Gasteiger partial charge is 0.0965 e. The second-order valence-electron chi connectivity index (χ2n) is 5.84. The van der Waals surface area contributed by atoms with E-state index in [4.69, 9.17) is 0 Å². The Morgan fingerprint density at radius 3 is 1.68 bits per heavy atom. The summed E-state index contributed by atoms with van der Waals surface area (Å²) < 4.78 is 0. The quantitative estimate of drug-likeness (QED) is 0.706. The zero-order valence-corrected chi connectivity index (χ0v) is 12.9. The average Bonchev–Trinajstić information content (AvgIpc) is 3.10. The third-order valence-electron chi connectivity index (χ3n) is 4.28. The molecule has 0 bridgehead atoms. The monoisotopic (exact) mass is 289 g/mol. The van der Waals surface area contributed by atoms with Crippen molar-refractivity contribution in [3.63, 3.8) is 0 Å². The molecule has 3 rings (SSSR count). The van der Waals surface area contributed by atoms with Gasteiger partial charge in [0.2, 0.25) is 6.17 Å². The lowest BCUT2D eigenvalue weighted by Crippen LogP contribution is -2.21. The topological polar surface area (TPSA) is 24.7 Å². The summed E-state index contributed by atoms with van der Waals surface area (Å²) in [6.45, 7) is 2.24. The van der Waals surface area contributed by atoms with Crippen LogP contribution < -0.4 is 0 Å². The molecule has 0 spiro atoms. The molecule has 2 nitrogen and oxygen atoms in total. The number of benzene rings is 2. The van der Waals surface area contributed by atoms with E-state index in [0.717, 1.165) is 19.0 Å². The van der Waals surface area contributed by atoms with Crippen LogP contribution in [0.4, 0.5) is 0 Å². The first kappa shape index (κ1) is 14.6. The highest BCUT2D eigenvalue weighted by Gasteiger charge is 2.32. The number of nitrogens with zero attached hydrogens (tertiary/aromatic N) is 2. The molecule has 1 aliphatic heterocycles. The van der Waals surface area contributed by atoms with Crippen molar-refractivity contribution in [1.29, 1.82) is 0 Å². The minimum Gasteiger partial charge on any atom is -0.0965 e. The Bertz CT molecular complexity index is 578. The van der Waals surface area contributed by atoms with Crippen LogP contribution >= 0.6 is 0 Å². The maximum atomic E-state index is 4.41. The fourth-order valence-corrected chi connectivity index (χ4v) is 2.96. The Morgan fingerprint density at radius 2 is 1.23 bits per heavy atom. The van der Waals surface area contributed by atoms with Crippen molar-refractivity contribution in [1.82, 2.24) is 0 Å². The molecule has 1 aliphatic rings. The maximum Gasteiger partial charge on any atom is 0.243 e. The van der Waals surface area contributed by atoms with Gasteiger partial charge in [-0.25, -0.2) is 0 Å². The molecule has 2 aromatic carbocycles. The van der Waals surface area contributed by atoms with Crippen molar-refractivity contribution >= 4 is 12.4 Å². The second-order valence-corrected chi connectivity index (χ2v) is 5.84. The Kier molecular flexibility index (Phi) is 4.69. The van der Waals surface area contributed by atoms with Crippen molar-refractivity contribution in [3.05, 3.63) is 78.0 Å². The summed E-state index contributed by atoms with van der Waals surface area (Å²) >= 11 is 0. The maximum absolute atomic E-state index is 4.41. The predicted molar refractivity (Wildman–Crippen MR) is 93.2 cm³/mol. The molecule has 0 N–H and O–H groups in total. The van der Waals surface area contributed by atoms with Gasteiger partial charge >= 0.3 is 0 Å². The van der Waals surface area contributed by atoms with Crippen LogP contribution in [-0.2, 0) is 12.8 Å². The van der Waals surface area contributed by atoms with Gasteiger partial charge < -0.3 is 0 Å². The van der Waals surface area contributed by atoms with Gasteiger partial charge in [-0.15, -0.1) is 0 Å². The molecule has 2 aromatic rings. The molecule has 1 heterocycles. The van der Waals surface area contributed by atoms with Crippen LogP contribution in [0.15, 0.2) is 70.6 Å². The first-order valence-corrected chi connectivity index (χ1v) is 7.84. The molecule has 2 heteroatoms. The summed E-state index contributed by atoms with van der Waals surface area (Å²) in [6, 6.07) is 21.4. The van der Waals surface area contributed by atoms with E-state index in [1.807, 2.05) is 0 Å². The molecule has 0 aromatic heterocycles. The zero-order chi connectivity index (χ0) is 15.2. The van der Waals surface area contributed by atoms with Gasteiger partial charge in [0, 0.05) is 0 Å². The van der Waals surface area contributed by atoms with E-state index in [9.17, 15) is 0 Å². The Balaban J connectivity index is 1.78. The number of hydrogen-bond acceptors (Lipinski definition) is 2. The highest BCUT2D eigenvalue weighted by Crippen LogP contribution is 2.31. The van der Waals surface area contributed by atoms with Gasteiger partial charge in [-0.05, 0) is 36.8 Å². The number of hydrogen-bond donors (Lipinski definition) is 0. The van der Waals surface area contributed by atoms with Gasteiger partial charge in [0.15, 0.2) is 12.4 Å². The van der Waals surface area contributed by atoms with E-state index in [1.165, 1.54) is 11.1 Å². The van der Waals surface area contributed by atoms with Crippen molar-refractivity contribution < 1.29 is 0 Å². The normalized spacial score (nSPS) is 14.7. The molecule has 0 amide bonds. The average molecular weight is 289 g/mol. The van der Waals surface area contributed by atoms with Crippen LogP contribution in [0.5, 0.6) is 0 Å². The van der Waals surface area contributed by atoms with Crippen molar-refractivity contribution in [2.45, 2.75) is 19.8 Å². The second kappa shape index (κ2) is 7.08. The fourth-order valence-electron chi connectivity index (χ4n) is 2.96. The van der Waals surface area contributed by atoms with E-state index < -0.39 is 0 Å². The summed E-state index contributed by atoms with van der Waals surface area (Å²) in [5.41, 5.74) is 2.75. The van der Waals surface area contributed by atoms with Gasteiger partial charge in [-0.2, -0.15) is 0 Å². The molecule has 0 saturated carbocycles. The molecular weight excluding hydrogens is 268 g/mol. The molecule has 0 fully saturated rings. The molecular formula is C20H21N2+. The first-order chi connectivity index (χ1) is 10.8. The minimum atomic E-state index is 0.343. The fraction of sp³-hybridized carbons (Fsp3) is 0.250. The molecule has 0 saturated heterocycles. The molecule has 22 heavy (non-hydrogen) atoms. The van der Waals surface area contributed by atoms with Gasteiger partial charge in [0.05, 0.1) is 5.92 Å². The van der Waals surface area contributed by atoms with Gasteiger partial charge in [0.1, 0.15) is 0 Å². The number of rotatable bonds is 6. The van der Waals surface area contributed by atoms with Gasteiger partial charge in [-0.1, -0.05) is 70.6 Å². The molecule has 1 atom stereocenters. The third-order valence-corrected chi connectivity index (χ3v) is 4.28. The lowest BCUT2D eigenvalue weighted by atomic mass is 9.82. The van der Waals surface area contributed by atoms with Gasteiger partial charge in [-0.3, -0.25) is 0 Å². The first-order valence-electron chi connectivity index (χ1n) is 7.84. The highest BCUT2D eigenvalue weighted by molar-refractivity contribution is 6.18. The Labute approximate surface area is 132 Å². The Hall–Kier alpha value is -2.35. The van der Waals surface area contributed by atoms with Crippen LogP contribution in [-0.4, -0.2) is 12.4 Å². The summed E-state index contributed by atoms with van der Waals surface area (Å²) in [7, 11) is 0. The highest BCUT2D eigenvalue weighted by atomic mass is 15.0. The molecule has 1 unspecified atom stereocenters. The van der Waals surface area contributed by atoms with E-state index >= 15 is 0 Å². The minimum absolute atomic E-state index is 0.343. The number of aliphatic imine (C=N–C) groups is 2. The Morgan fingerprint density at radius 1 is 0.773 bits per heavy atom. The summed E-state index contributed by atoms with van der Waals surface area (Å²) in [5.74, 6) is 0.836. The zero-order valence-electron chi connectivity index (χ0n) is 12.9.